The van der Waals surface area contributed by atoms with E-state index >= 15 is 0 Å². The number of aromatic amines is 1. The first-order valence-electron chi connectivity index (χ1n) is 10.2. The fraction of sp³-hybridized carbons (Fsp3) is 0.409. The van der Waals surface area contributed by atoms with Crippen molar-refractivity contribution in [2.24, 2.45) is 0 Å². The second kappa shape index (κ2) is 8.11. The van der Waals surface area contributed by atoms with E-state index in [1.807, 2.05) is 12.3 Å². The molecule has 0 unspecified atom stereocenters. The van der Waals surface area contributed by atoms with Gasteiger partial charge in [0.2, 0.25) is 5.91 Å². The van der Waals surface area contributed by atoms with Crippen LogP contribution >= 0.6 is 0 Å². The number of fused-ring (bicyclic) bond motifs is 1. The molecule has 3 heterocycles. The van der Waals surface area contributed by atoms with Crippen molar-refractivity contribution in [2.45, 2.75) is 39.7 Å². The molecule has 1 aliphatic rings. The minimum atomic E-state index is 0.0192. The molecule has 7 heteroatoms. The van der Waals surface area contributed by atoms with Gasteiger partial charge in [0.15, 0.2) is 0 Å². The molecule has 1 fully saturated rings. The minimum Gasteiger partial charge on any atom is -0.376 e. The average Bonchev–Trinajstić information content (AvgIpc) is 3.16. The molecule has 1 aromatic carbocycles. The molecule has 1 saturated heterocycles. The van der Waals surface area contributed by atoms with Crippen molar-refractivity contribution in [1.29, 1.82) is 0 Å². The molecule has 4 rings (SSSR count). The Kier molecular flexibility index (Phi) is 5.38. The Morgan fingerprint density at radius 1 is 1.24 bits per heavy atom. The second-order valence-corrected chi connectivity index (χ2v) is 7.92. The molecule has 1 atom stereocenters. The van der Waals surface area contributed by atoms with E-state index in [4.69, 9.17) is 0 Å². The van der Waals surface area contributed by atoms with Gasteiger partial charge in [-0.2, -0.15) is 0 Å². The van der Waals surface area contributed by atoms with E-state index in [0.29, 0.717) is 0 Å². The first kappa shape index (κ1) is 19.2. The van der Waals surface area contributed by atoms with Crippen LogP contribution in [-0.4, -0.2) is 46.5 Å². The number of carbonyl (C=O) groups excluding carboxylic acids is 1. The molecule has 0 spiro atoms. The predicted molar refractivity (Wildman–Crippen MR) is 116 cm³/mol. The molecule has 1 amide bonds. The zero-order valence-corrected chi connectivity index (χ0v) is 17.2. The Morgan fingerprint density at radius 3 is 2.83 bits per heavy atom. The third-order valence-electron chi connectivity index (χ3n) is 5.52. The average molecular weight is 393 g/mol. The molecule has 1 aliphatic heterocycles. The summed E-state index contributed by atoms with van der Waals surface area (Å²) in [6.07, 6.45) is 5.47. The third kappa shape index (κ3) is 4.18. The van der Waals surface area contributed by atoms with Crippen LogP contribution in [0.25, 0.3) is 11.0 Å². The van der Waals surface area contributed by atoms with Gasteiger partial charge in [0.25, 0.3) is 0 Å². The lowest BCUT2D eigenvalue weighted by molar-refractivity contribution is -0.120. The van der Waals surface area contributed by atoms with Crippen LogP contribution in [0.15, 0.2) is 30.7 Å². The third-order valence-corrected chi connectivity index (χ3v) is 5.52. The van der Waals surface area contributed by atoms with Gasteiger partial charge in [-0.25, -0.2) is 9.97 Å². The summed E-state index contributed by atoms with van der Waals surface area (Å²) in [7, 11) is 0. The largest absolute Gasteiger partial charge is 0.376 e. The van der Waals surface area contributed by atoms with E-state index < -0.39 is 0 Å². The van der Waals surface area contributed by atoms with Gasteiger partial charge in [-0.15, -0.1) is 0 Å². The number of rotatable bonds is 5. The van der Waals surface area contributed by atoms with Crippen molar-refractivity contribution in [3.8, 4) is 0 Å². The summed E-state index contributed by atoms with van der Waals surface area (Å²) < 4.78 is 0. The number of amides is 1. The van der Waals surface area contributed by atoms with Gasteiger partial charge >= 0.3 is 0 Å². The quantitative estimate of drug-likeness (QED) is 0.621. The first-order chi connectivity index (χ1) is 14.0. The van der Waals surface area contributed by atoms with Gasteiger partial charge in [-0.05, 0) is 50.8 Å². The maximum atomic E-state index is 12.6. The normalized spacial score (nSPS) is 16.8. The Hall–Kier alpha value is -3.09. The minimum absolute atomic E-state index is 0.0192. The van der Waals surface area contributed by atoms with Crippen LogP contribution in [0.2, 0.25) is 0 Å². The smallest absolute Gasteiger partial charge is 0.239 e. The topological polar surface area (TPSA) is 85.9 Å². The molecule has 3 N–H and O–H groups in total. The summed E-state index contributed by atoms with van der Waals surface area (Å²) in [5.74, 6) is 0.949. The van der Waals surface area contributed by atoms with Gasteiger partial charge < -0.3 is 20.5 Å². The zero-order valence-electron chi connectivity index (χ0n) is 17.2. The fourth-order valence-corrected chi connectivity index (χ4v) is 4.30. The van der Waals surface area contributed by atoms with E-state index in [1.54, 1.807) is 6.33 Å². The number of aryl methyl sites for hydroxylation is 3. The number of H-pyrrole nitrogens is 1. The number of hydrogen-bond donors (Lipinski definition) is 3. The van der Waals surface area contributed by atoms with Crippen molar-refractivity contribution in [2.75, 3.05) is 29.9 Å². The van der Waals surface area contributed by atoms with E-state index in [9.17, 15) is 4.79 Å². The number of carbonyl (C=O) groups is 1. The standard InChI is InChI=1S/C22H28N6O/c1-14-9-15(2)20(16(3)10-14)24-11-19(29)27-17-5-4-8-28(12-17)22-18-6-7-23-21(18)25-13-26-22/h6-7,9-10,13,17,24H,4-5,8,11-12H2,1-3H3,(H,27,29)(H,23,25,26)/t17-/m1/s1. The van der Waals surface area contributed by atoms with E-state index in [-0.39, 0.29) is 18.5 Å². The number of nitrogens with zero attached hydrogens (tertiary/aromatic N) is 3. The maximum Gasteiger partial charge on any atom is 0.239 e. The lowest BCUT2D eigenvalue weighted by Gasteiger charge is -2.34. The molecule has 0 aliphatic carbocycles. The molecule has 0 radical (unpaired) electrons. The summed E-state index contributed by atoms with van der Waals surface area (Å²) in [6, 6.07) is 6.39. The van der Waals surface area contributed by atoms with Crippen LogP contribution in [0.3, 0.4) is 0 Å². The Morgan fingerprint density at radius 2 is 2.03 bits per heavy atom. The van der Waals surface area contributed by atoms with E-state index in [2.05, 4.69) is 63.4 Å². The van der Waals surface area contributed by atoms with Gasteiger partial charge in [-0.1, -0.05) is 17.7 Å². The van der Waals surface area contributed by atoms with Gasteiger partial charge in [0, 0.05) is 31.0 Å². The SMILES string of the molecule is Cc1cc(C)c(NCC(=O)N[C@@H]2CCCN(c3ncnc4[nH]ccc34)C2)c(C)c1. The maximum absolute atomic E-state index is 12.6. The number of piperidine rings is 1. The van der Waals surface area contributed by atoms with Crippen molar-refractivity contribution in [3.05, 3.63) is 47.4 Å². The number of nitrogens with one attached hydrogen (secondary N) is 3. The highest BCUT2D eigenvalue weighted by molar-refractivity contribution is 5.87. The Bertz CT molecular complexity index is 1000. The molecular weight excluding hydrogens is 364 g/mol. The highest BCUT2D eigenvalue weighted by Crippen LogP contribution is 2.25. The molecule has 2 aromatic heterocycles. The van der Waals surface area contributed by atoms with Crippen LogP contribution in [0, 0.1) is 20.8 Å². The van der Waals surface area contributed by atoms with E-state index in [1.165, 1.54) is 16.7 Å². The van der Waals surface area contributed by atoms with Crippen LogP contribution < -0.4 is 15.5 Å². The number of benzene rings is 1. The molecule has 29 heavy (non-hydrogen) atoms. The summed E-state index contributed by atoms with van der Waals surface area (Å²) in [4.78, 5) is 26.7. The van der Waals surface area contributed by atoms with Crippen molar-refractivity contribution in [3.63, 3.8) is 0 Å². The van der Waals surface area contributed by atoms with Gasteiger partial charge in [-0.3, -0.25) is 4.79 Å². The van der Waals surface area contributed by atoms with Crippen LogP contribution in [0.1, 0.15) is 29.5 Å². The highest BCUT2D eigenvalue weighted by Gasteiger charge is 2.24. The molecule has 152 valence electrons. The summed E-state index contributed by atoms with van der Waals surface area (Å²) in [5, 5.41) is 7.52. The molecule has 0 bridgehead atoms. The van der Waals surface area contributed by atoms with E-state index in [0.717, 1.165) is 48.5 Å². The fourth-order valence-electron chi connectivity index (χ4n) is 4.30. The second-order valence-electron chi connectivity index (χ2n) is 7.92. The summed E-state index contributed by atoms with van der Waals surface area (Å²) in [6.45, 7) is 8.20. The van der Waals surface area contributed by atoms with Crippen LogP contribution in [-0.2, 0) is 4.79 Å². The monoisotopic (exact) mass is 392 g/mol. The summed E-state index contributed by atoms with van der Waals surface area (Å²) in [5.41, 5.74) is 5.46. The van der Waals surface area contributed by atoms with Crippen molar-refractivity contribution in [1.82, 2.24) is 20.3 Å². The zero-order chi connectivity index (χ0) is 20.4. The molecular formula is C22H28N6O. The number of aromatic nitrogens is 3. The predicted octanol–water partition coefficient (Wildman–Crippen LogP) is 3.08. The Balaban J connectivity index is 1.37. The van der Waals surface area contributed by atoms with Crippen LogP contribution in [0.5, 0.6) is 0 Å². The molecule has 0 saturated carbocycles. The van der Waals surface area contributed by atoms with Crippen molar-refractivity contribution < 1.29 is 4.79 Å². The molecule has 3 aromatic rings. The van der Waals surface area contributed by atoms with Gasteiger partial charge in [0.05, 0.1) is 11.9 Å². The summed E-state index contributed by atoms with van der Waals surface area (Å²) >= 11 is 0. The Labute approximate surface area is 170 Å². The lowest BCUT2D eigenvalue weighted by Crippen LogP contribution is -2.49. The highest BCUT2D eigenvalue weighted by atomic mass is 16.2. The van der Waals surface area contributed by atoms with Gasteiger partial charge in [0.1, 0.15) is 17.8 Å². The first-order valence-corrected chi connectivity index (χ1v) is 10.2. The molecule has 7 nitrogen and oxygen atoms in total. The lowest BCUT2D eigenvalue weighted by atomic mass is 10.0. The number of anilines is 2. The van der Waals surface area contributed by atoms with Crippen molar-refractivity contribution >= 4 is 28.4 Å². The number of hydrogen-bond acceptors (Lipinski definition) is 5. The van der Waals surface area contributed by atoms with Crippen LogP contribution in [0.4, 0.5) is 11.5 Å².